The Balaban J connectivity index is 1.49. The summed E-state index contributed by atoms with van der Waals surface area (Å²) >= 11 is 0. The molecule has 0 unspecified atom stereocenters. The fourth-order valence-corrected chi connectivity index (χ4v) is 3.23. The molecule has 3 rings (SSSR count). The van der Waals surface area contributed by atoms with Crippen LogP contribution >= 0.6 is 0 Å². The van der Waals surface area contributed by atoms with Crippen LogP contribution in [-0.4, -0.2) is 36.0 Å². The molecule has 140 valence electrons. The van der Waals surface area contributed by atoms with Crippen molar-refractivity contribution in [2.45, 2.75) is 32.1 Å². The van der Waals surface area contributed by atoms with Gasteiger partial charge in [-0.2, -0.15) is 5.10 Å². The summed E-state index contributed by atoms with van der Waals surface area (Å²) in [5.74, 6) is 0.349. The molecule has 0 aromatic heterocycles. The van der Waals surface area contributed by atoms with Gasteiger partial charge in [0.05, 0.1) is 6.21 Å². The summed E-state index contributed by atoms with van der Waals surface area (Å²) in [6, 6.07) is 18.0. The summed E-state index contributed by atoms with van der Waals surface area (Å²) in [4.78, 5) is 25.9. The van der Waals surface area contributed by atoms with Crippen LogP contribution in [0.5, 0.6) is 0 Å². The number of nitrogens with zero attached hydrogens (tertiary/aromatic N) is 2. The highest BCUT2D eigenvalue weighted by atomic mass is 16.2. The van der Waals surface area contributed by atoms with Crippen molar-refractivity contribution in [3.63, 3.8) is 0 Å². The second-order valence-corrected chi connectivity index (χ2v) is 7.20. The maximum atomic E-state index is 12.2. The molecule has 0 saturated carbocycles. The maximum Gasteiger partial charge on any atom is 0.259 e. The highest BCUT2D eigenvalue weighted by Crippen LogP contribution is 2.27. The molecular formula is C22H25N3O2. The van der Waals surface area contributed by atoms with Crippen LogP contribution in [-0.2, 0) is 9.59 Å². The average Bonchev–Trinajstić information content (AvgIpc) is 3.03. The van der Waals surface area contributed by atoms with Crippen LogP contribution in [0.25, 0.3) is 0 Å². The molecule has 1 atom stereocenters. The van der Waals surface area contributed by atoms with Gasteiger partial charge in [0.25, 0.3) is 5.91 Å². The number of likely N-dealkylation sites (tertiary alicyclic amines) is 1. The number of amides is 2. The first kappa shape index (κ1) is 18.8. The van der Waals surface area contributed by atoms with Crippen LogP contribution in [0.15, 0.2) is 59.7 Å². The van der Waals surface area contributed by atoms with Gasteiger partial charge in [0, 0.05) is 18.9 Å². The van der Waals surface area contributed by atoms with Crippen LogP contribution in [0.2, 0.25) is 0 Å². The van der Waals surface area contributed by atoms with Crippen LogP contribution in [0.3, 0.4) is 0 Å². The lowest BCUT2D eigenvalue weighted by molar-refractivity contribution is -0.133. The first-order valence-corrected chi connectivity index (χ1v) is 9.27. The van der Waals surface area contributed by atoms with Crippen molar-refractivity contribution in [3.05, 3.63) is 71.3 Å². The Morgan fingerprint density at radius 3 is 2.56 bits per heavy atom. The van der Waals surface area contributed by atoms with Gasteiger partial charge in [-0.05, 0) is 22.6 Å². The second kappa shape index (κ2) is 8.62. The molecule has 0 bridgehead atoms. The Hall–Kier alpha value is -2.95. The van der Waals surface area contributed by atoms with E-state index in [9.17, 15) is 9.59 Å². The Kier molecular flexibility index (Phi) is 6.01. The molecule has 0 radical (unpaired) electrons. The van der Waals surface area contributed by atoms with E-state index < -0.39 is 0 Å². The molecule has 27 heavy (non-hydrogen) atoms. The summed E-state index contributed by atoms with van der Waals surface area (Å²) < 4.78 is 0. The zero-order valence-corrected chi connectivity index (χ0v) is 15.8. The lowest BCUT2D eigenvalue weighted by Crippen LogP contribution is -2.36. The summed E-state index contributed by atoms with van der Waals surface area (Å²) in [6.45, 7) is 4.89. The van der Waals surface area contributed by atoms with Crippen LogP contribution in [0.4, 0.5) is 0 Å². The van der Waals surface area contributed by atoms with E-state index in [0.717, 1.165) is 11.1 Å². The van der Waals surface area contributed by atoms with Gasteiger partial charge in [-0.3, -0.25) is 9.59 Å². The third-order valence-electron chi connectivity index (χ3n) is 4.83. The van der Waals surface area contributed by atoms with Gasteiger partial charge in [-0.1, -0.05) is 68.4 Å². The third-order valence-corrected chi connectivity index (χ3v) is 4.83. The van der Waals surface area contributed by atoms with Crippen molar-refractivity contribution in [2.24, 2.45) is 5.10 Å². The molecule has 1 aliphatic heterocycles. The summed E-state index contributed by atoms with van der Waals surface area (Å²) in [6.07, 6.45) is 2.06. The smallest absolute Gasteiger partial charge is 0.259 e. The first-order valence-electron chi connectivity index (χ1n) is 9.27. The number of hydrogen-bond donors (Lipinski definition) is 1. The molecule has 1 aliphatic rings. The quantitative estimate of drug-likeness (QED) is 0.632. The molecule has 2 aromatic rings. The third kappa shape index (κ3) is 5.03. The molecule has 5 heteroatoms. The van der Waals surface area contributed by atoms with Gasteiger partial charge in [0.1, 0.15) is 6.54 Å². The highest BCUT2D eigenvalue weighted by Gasteiger charge is 2.31. The zero-order valence-electron chi connectivity index (χ0n) is 15.8. The summed E-state index contributed by atoms with van der Waals surface area (Å²) in [5.41, 5.74) is 5.82. The van der Waals surface area contributed by atoms with Crippen molar-refractivity contribution < 1.29 is 9.59 Å². The monoisotopic (exact) mass is 363 g/mol. The van der Waals surface area contributed by atoms with E-state index in [2.05, 4.69) is 36.5 Å². The molecule has 1 N–H and O–H groups in total. The second-order valence-electron chi connectivity index (χ2n) is 7.20. The predicted molar refractivity (Wildman–Crippen MR) is 107 cm³/mol. The molecule has 1 heterocycles. The van der Waals surface area contributed by atoms with Crippen molar-refractivity contribution in [3.8, 4) is 0 Å². The Bertz CT molecular complexity index is 813. The van der Waals surface area contributed by atoms with Gasteiger partial charge in [-0.25, -0.2) is 5.43 Å². The summed E-state index contributed by atoms with van der Waals surface area (Å²) in [5, 5.41) is 4.00. The SMILES string of the molecule is CC(C)c1ccc(/C=N\NC(=O)CN2C[C@H](c3ccccc3)CC2=O)cc1. The molecule has 5 nitrogen and oxygen atoms in total. The van der Waals surface area contributed by atoms with E-state index in [4.69, 9.17) is 0 Å². The minimum atomic E-state index is -0.285. The molecule has 2 amide bonds. The standard InChI is InChI=1S/C22H25N3O2/c1-16(2)18-10-8-17(9-11-18)13-23-24-21(26)15-25-14-20(12-22(25)27)19-6-4-3-5-7-19/h3-11,13,16,20H,12,14-15H2,1-2H3,(H,24,26)/b23-13-/t20-/m1/s1. The van der Waals surface area contributed by atoms with Crippen molar-refractivity contribution in [2.75, 3.05) is 13.1 Å². The number of hydrogen-bond acceptors (Lipinski definition) is 3. The Labute approximate surface area is 160 Å². The zero-order chi connectivity index (χ0) is 19.2. The van der Waals surface area contributed by atoms with E-state index in [1.54, 1.807) is 11.1 Å². The predicted octanol–water partition coefficient (Wildman–Crippen LogP) is 3.28. The fraction of sp³-hybridized carbons (Fsp3) is 0.318. The minimum absolute atomic E-state index is 0.00672. The number of hydrazone groups is 1. The van der Waals surface area contributed by atoms with Gasteiger partial charge in [0.15, 0.2) is 0 Å². The van der Waals surface area contributed by atoms with Gasteiger partial charge >= 0.3 is 0 Å². The fourth-order valence-electron chi connectivity index (χ4n) is 3.23. The topological polar surface area (TPSA) is 61.8 Å². The molecule has 2 aromatic carbocycles. The molecular weight excluding hydrogens is 338 g/mol. The Morgan fingerprint density at radius 2 is 1.89 bits per heavy atom. The Morgan fingerprint density at radius 1 is 1.19 bits per heavy atom. The highest BCUT2D eigenvalue weighted by molar-refractivity contribution is 5.87. The van der Waals surface area contributed by atoms with Crippen molar-refractivity contribution in [1.82, 2.24) is 10.3 Å². The summed E-state index contributed by atoms with van der Waals surface area (Å²) in [7, 11) is 0. The van der Waals surface area contributed by atoms with E-state index >= 15 is 0 Å². The first-order chi connectivity index (χ1) is 13.0. The van der Waals surface area contributed by atoms with Gasteiger partial charge < -0.3 is 4.90 Å². The molecule has 1 saturated heterocycles. The van der Waals surface area contributed by atoms with Gasteiger partial charge in [-0.15, -0.1) is 0 Å². The number of carbonyl (C=O) groups is 2. The van der Waals surface area contributed by atoms with Crippen LogP contribution in [0.1, 0.15) is 48.8 Å². The number of rotatable bonds is 6. The van der Waals surface area contributed by atoms with Crippen LogP contribution < -0.4 is 5.43 Å². The number of benzene rings is 2. The minimum Gasteiger partial charge on any atom is -0.333 e. The molecule has 0 spiro atoms. The lowest BCUT2D eigenvalue weighted by atomic mass is 9.99. The number of nitrogens with one attached hydrogen (secondary N) is 1. The largest absolute Gasteiger partial charge is 0.333 e. The molecule has 0 aliphatic carbocycles. The van der Waals surface area contributed by atoms with E-state index in [1.807, 2.05) is 42.5 Å². The maximum absolute atomic E-state index is 12.2. The van der Waals surface area contributed by atoms with E-state index in [-0.39, 0.29) is 24.3 Å². The average molecular weight is 363 g/mol. The van der Waals surface area contributed by atoms with Gasteiger partial charge in [0.2, 0.25) is 5.91 Å². The lowest BCUT2D eigenvalue weighted by Gasteiger charge is -2.15. The van der Waals surface area contributed by atoms with E-state index in [0.29, 0.717) is 18.9 Å². The molecule has 1 fully saturated rings. The van der Waals surface area contributed by atoms with Crippen LogP contribution in [0, 0.1) is 0 Å². The normalized spacial score (nSPS) is 17.1. The van der Waals surface area contributed by atoms with E-state index in [1.165, 1.54) is 5.56 Å². The number of carbonyl (C=O) groups excluding carboxylic acids is 2. The van der Waals surface area contributed by atoms with Crippen molar-refractivity contribution >= 4 is 18.0 Å². The van der Waals surface area contributed by atoms with Crippen molar-refractivity contribution in [1.29, 1.82) is 0 Å².